The van der Waals surface area contributed by atoms with E-state index in [0.717, 1.165) is 0 Å². The van der Waals surface area contributed by atoms with E-state index in [4.69, 9.17) is 0 Å². The van der Waals surface area contributed by atoms with E-state index in [1.165, 1.54) is 30.3 Å². The number of hydrogen-bond donors (Lipinski definition) is 2. The Labute approximate surface area is 123 Å². The first kappa shape index (κ1) is 15.5. The highest BCUT2D eigenvalue weighted by Gasteiger charge is 2.18. The molecule has 21 heavy (non-hydrogen) atoms. The van der Waals surface area contributed by atoms with Crippen LogP contribution in [0, 0.1) is 12.7 Å². The second-order valence-electron chi connectivity index (χ2n) is 4.79. The van der Waals surface area contributed by atoms with Gasteiger partial charge in [0.1, 0.15) is 5.82 Å². The maximum absolute atomic E-state index is 13.7. The van der Waals surface area contributed by atoms with E-state index in [-0.39, 0.29) is 10.6 Å². The van der Waals surface area contributed by atoms with Crippen LogP contribution in [0.25, 0.3) is 0 Å². The molecule has 0 spiro atoms. The van der Waals surface area contributed by atoms with Crippen LogP contribution in [-0.4, -0.2) is 13.5 Å². The Morgan fingerprint density at radius 1 is 1.19 bits per heavy atom. The van der Waals surface area contributed by atoms with Gasteiger partial charge in [-0.05, 0) is 43.2 Å². The molecular formula is C15H16FNO3S. The number of hydrogen-bond acceptors (Lipinski definition) is 3. The standard InChI is InChI=1S/C15H16FNO3S/c1-10-5-3-8-14(16)15(10)17-21(19,20)13-7-4-6-12(9-13)11(2)18/h3-9,11,17-18H,1-2H3. The minimum absolute atomic E-state index is 0.0245. The number of aryl methyl sites for hydroxylation is 1. The molecule has 0 aliphatic heterocycles. The number of halogens is 1. The van der Waals surface area contributed by atoms with E-state index in [1.54, 1.807) is 26.0 Å². The summed E-state index contributed by atoms with van der Waals surface area (Å²) in [4.78, 5) is -0.0245. The Balaban J connectivity index is 2.41. The summed E-state index contributed by atoms with van der Waals surface area (Å²) >= 11 is 0. The number of rotatable bonds is 4. The van der Waals surface area contributed by atoms with Crippen LogP contribution < -0.4 is 4.72 Å². The lowest BCUT2D eigenvalue weighted by Gasteiger charge is -2.12. The zero-order chi connectivity index (χ0) is 15.6. The number of anilines is 1. The van der Waals surface area contributed by atoms with Crippen LogP contribution in [0.15, 0.2) is 47.4 Å². The molecule has 0 heterocycles. The molecular weight excluding hydrogens is 293 g/mol. The van der Waals surface area contributed by atoms with Gasteiger partial charge in [-0.15, -0.1) is 0 Å². The van der Waals surface area contributed by atoms with Gasteiger partial charge in [-0.2, -0.15) is 0 Å². The van der Waals surface area contributed by atoms with Gasteiger partial charge < -0.3 is 5.11 Å². The molecule has 0 aliphatic carbocycles. The Morgan fingerprint density at radius 3 is 2.48 bits per heavy atom. The first-order chi connectivity index (χ1) is 9.81. The first-order valence-corrected chi connectivity index (χ1v) is 7.85. The number of benzene rings is 2. The van der Waals surface area contributed by atoms with E-state index >= 15 is 0 Å². The zero-order valence-corrected chi connectivity index (χ0v) is 12.5. The lowest BCUT2D eigenvalue weighted by atomic mass is 10.1. The minimum atomic E-state index is -3.92. The molecule has 0 saturated heterocycles. The second kappa shape index (κ2) is 5.83. The van der Waals surface area contributed by atoms with Gasteiger partial charge >= 0.3 is 0 Å². The van der Waals surface area contributed by atoms with E-state index in [0.29, 0.717) is 11.1 Å². The van der Waals surface area contributed by atoms with Crippen molar-refractivity contribution in [1.29, 1.82) is 0 Å². The Kier molecular flexibility index (Phi) is 4.29. The second-order valence-corrected chi connectivity index (χ2v) is 6.47. The number of para-hydroxylation sites is 1. The molecule has 2 aromatic rings. The van der Waals surface area contributed by atoms with Crippen molar-refractivity contribution in [2.45, 2.75) is 24.8 Å². The van der Waals surface area contributed by atoms with Gasteiger partial charge in [0.05, 0.1) is 16.7 Å². The molecule has 4 nitrogen and oxygen atoms in total. The molecule has 1 atom stereocenters. The molecule has 2 rings (SSSR count). The molecule has 6 heteroatoms. The van der Waals surface area contributed by atoms with Gasteiger partial charge in [-0.3, -0.25) is 4.72 Å². The summed E-state index contributed by atoms with van der Waals surface area (Å²) < 4.78 is 40.6. The average molecular weight is 309 g/mol. The van der Waals surface area contributed by atoms with Crippen molar-refractivity contribution < 1.29 is 17.9 Å². The lowest BCUT2D eigenvalue weighted by molar-refractivity contribution is 0.199. The molecule has 112 valence electrons. The number of nitrogens with one attached hydrogen (secondary N) is 1. The zero-order valence-electron chi connectivity index (χ0n) is 11.7. The van der Waals surface area contributed by atoms with Crippen molar-refractivity contribution in [2.75, 3.05) is 4.72 Å². The fourth-order valence-electron chi connectivity index (χ4n) is 1.90. The molecule has 0 amide bonds. The predicted octanol–water partition coefficient (Wildman–Crippen LogP) is 2.99. The van der Waals surface area contributed by atoms with Gasteiger partial charge in [0.15, 0.2) is 0 Å². The quantitative estimate of drug-likeness (QED) is 0.912. The molecule has 2 aromatic carbocycles. The highest BCUT2D eigenvalue weighted by atomic mass is 32.2. The van der Waals surface area contributed by atoms with E-state index in [9.17, 15) is 17.9 Å². The topological polar surface area (TPSA) is 66.4 Å². The summed E-state index contributed by atoms with van der Waals surface area (Å²) in [5, 5.41) is 9.52. The normalized spacial score (nSPS) is 13.0. The number of aliphatic hydroxyl groups is 1. The largest absolute Gasteiger partial charge is 0.389 e. The maximum Gasteiger partial charge on any atom is 0.262 e. The summed E-state index contributed by atoms with van der Waals surface area (Å²) in [6.45, 7) is 3.16. The van der Waals surface area contributed by atoms with Crippen LogP contribution in [0.2, 0.25) is 0 Å². The minimum Gasteiger partial charge on any atom is -0.389 e. The molecule has 0 aromatic heterocycles. The van der Waals surface area contributed by atoms with Gasteiger partial charge in [0.25, 0.3) is 10.0 Å². The van der Waals surface area contributed by atoms with Crippen LogP contribution in [-0.2, 0) is 10.0 Å². The third-order valence-electron chi connectivity index (χ3n) is 3.11. The summed E-state index contributed by atoms with van der Waals surface area (Å²) in [5.74, 6) is -0.634. The average Bonchev–Trinajstić information content (AvgIpc) is 2.43. The third kappa shape index (κ3) is 3.40. The summed E-state index contributed by atoms with van der Waals surface area (Å²) in [5.41, 5.74) is 0.897. The summed E-state index contributed by atoms with van der Waals surface area (Å²) in [7, 11) is -3.92. The lowest BCUT2D eigenvalue weighted by Crippen LogP contribution is -2.15. The van der Waals surface area contributed by atoms with Gasteiger partial charge in [0.2, 0.25) is 0 Å². The van der Waals surface area contributed by atoms with Crippen molar-refractivity contribution in [2.24, 2.45) is 0 Å². The summed E-state index contributed by atoms with van der Waals surface area (Å²) in [6, 6.07) is 10.2. The Bertz CT molecular complexity index is 737. The molecule has 0 saturated carbocycles. The van der Waals surface area contributed by atoms with Crippen LogP contribution in [0.3, 0.4) is 0 Å². The van der Waals surface area contributed by atoms with E-state index < -0.39 is 21.9 Å². The fourth-order valence-corrected chi connectivity index (χ4v) is 3.09. The van der Waals surface area contributed by atoms with Gasteiger partial charge in [0, 0.05) is 0 Å². The predicted molar refractivity (Wildman–Crippen MR) is 79.0 cm³/mol. The molecule has 0 aliphatic rings. The Morgan fingerprint density at radius 2 is 1.86 bits per heavy atom. The van der Waals surface area contributed by atoms with Crippen molar-refractivity contribution in [3.8, 4) is 0 Å². The molecule has 0 bridgehead atoms. The molecule has 0 radical (unpaired) electrons. The van der Waals surface area contributed by atoms with Crippen LogP contribution in [0.1, 0.15) is 24.2 Å². The van der Waals surface area contributed by atoms with Crippen molar-refractivity contribution in [3.63, 3.8) is 0 Å². The van der Waals surface area contributed by atoms with Gasteiger partial charge in [-0.25, -0.2) is 12.8 Å². The highest BCUT2D eigenvalue weighted by molar-refractivity contribution is 7.92. The number of aliphatic hydroxyl groups excluding tert-OH is 1. The van der Waals surface area contributed by atoms with Crippen molar-refractivity contribution >= 4 is 15.7 Å². The maximum atomic E-state index is 13.7. The van der Waals surface area contributed by atoms with E-state index in [2.05, 4.69) is 4.72 Å². The van der Waals surface area contributed by atoms with Crippen molar-refractivity contribution in [1.82, 2.24) is 0 Å². The third-order valence-corrected chi connectivity index (χ3v) is 4.46. The molecule has 1 unspecified atom stereocenters. The Hall–Kier alpha value is -1.92. The SMILES string of the molecule is Cc1cccc(F)c1NS(=O)(=O)c1cccc(C(C)O)c1. The van der Waals surface area contributed by atoms with E-state index in [1.807, 2.05) is 0 Å². The first-order valence-electron chi connectivity index (χ1n) is 6.37. The van der Waals surface area contributed by atoms with Crippen LogP contribution in [0.4, 0.5) is 10.1 Å². The van der Waals surface area contributed by atoms with Crippen LogP contribution >= 0.6 is 0 Å². The summed E-state index contributed by atoms with van der Waals surface area (Å²) in [6.07, 6.45) is -0.782. The van der Waals surface area contributed by atoms with Crippen molar-refractivity contribution in [3.05, 3.63) is 59.4 Å². The molecule has 2 N–H and O–H groups in total. The van der Waals surface area contributed by atoms with Crippen LogP contribution in [0.5, 0.6) is 0 Å². The van der Waals surface area contributed by atoms with Gasteiger partial charge in [-0.1, -0.05) is 24.3 Å². The monoisotopic (exact) mass is 309 g/mol. The highest BCUT2D eigenvalue weighted by Crippen LogP contribution is 2.24. The molecule has 0 fully saturated rings. The fraction of sp³-hybridized carbons (Fsp3) is 0.200. The number of sulfonamides is 1. The smallest absolute Gasteiger partial charge is 0.262 e.